The zero-order chi connectivity index (χ0) is 21.8. The van der Waals surface area contributed by atoms with E-state index < -0.39 is 17.5 Å². The third-order valence-electron chi connectivity index (χ3n) is 5.49. The molecule has 1 aliphatic carbocycles. The minimum atomic E-state index is -0.553. The van der Waals surface area contributed by atoms with E-state index in [2.05, 4.69) is 15.7 Å². The molecule has 1 heterocycles. The monoisotopic (exact) mass is 424 g/mol. The lowest BCUT2D eigenvalue weighted by molar-refractivity contribution is -0.120. The normalized spacial score (nSPS) is 18.4. The summed E-state index contributed by atoms with van der Waals surface area (Å²) in [5.41, 5.74) is 0.321. The first-order valence-electron chi connectivity index (χ1n) is 10.2. The van der Waals surface area contributed by atoms with E-state index >= 15 is 0 Å². The van der Waals surface area contributed by atoms with E-state index in [0.29, 0.717) is 37.2 Å². The van der Waals surface area contributed by atoms with Crippen molar-refractivity contribution in [1.82, 2.24) is 15.1 Å². The van der Waals surface area contributed by atoms with Crippen LogP contribution in [-0.4, -0.2) is 27.6 Å². The predicted molar refractivity (Wildman–Crippen MR) is 112 cm³/mol. The van der Waals surface area contributed by atoms with Crippen molar-refractivity contribution in [2.75, 3.05) is 5.32 Å². The Morgan fingerprint density at radius 3 is 2.29 bits per heavy atom. The number of hydrogen-bond donors (Lipinski definition) is 2. The van der Waals surface area contributed by atoms with Gasteiger partial charge >= 0.3 is 0 Å². The van der Waals surface area contributed by atoms with Gasteiger partial charge in [0.15, 0.2) is 5.82 Å². The zero-order valence-electron chi connectivity index (χ0n) is 16.7. The van der Waals surface area contributed by atoms with Crippen molar-refractivity contribution in [2.24, 2.45) is 5.92 Å². The van der Waals surface area contributed by atoms with E-state index in [1.54, 1.807) is 36.5 Å². The molecule has 0 atom stereocenters. The van der Waals surface area contributed by atoms with Crippen molar-refractivity contribution >= 4 is 17.6 Å². The molecule has 2 aromatic carbocycles. The van der Waals surface area contributed by atoms with Gasteiger partial charge in [-0.25, -0.2) is 13.5 Å². The quantitative estimate of drug-likeness (QED) is 0.648. The summed E-state index contributed by atoms with van der Waals surface area (Å²) in [6.07, 6.45) is 4.04. The maximum absolute atomic E-state index is 13.9. The Morgan fingerprint density at radius 2 is 1.58 bits per heavy atom. The number of aromatic nitrogens is 2. The predicted octanol–water partition coefficient (Wildman–Crippen LogP) is 4.08. The van der Waals surface area contributed by atoms with E-state index in [-0.39, 0.29) is 23.4 Å². The molecular weight excluding hydrogens is 402 g/mol. The number of carbonyl (C=O) groups excluding carboxylic acids is 2. The summed E-state index contributed by atoms with van der Waals surface area (Å²) >= 11 is 0. The molecule has 160 valence electrons. The van der Waals surface area contributed by atoms with Gasteiger partial charge in [-0.3, -0.25) is 9.59 Å². The molecule has 6 nitrogen and oxygen atoms in total. The van der Waals surface area contributed by atoms with Crippen LogP contribution in [0.1, 0.15) is 36.0 Å². The molecular formula is C23H22F2N4O2. The van der Waals surface area contributed by atoms with Crippen LogP contribution in [0, 0.1) is 17.6 Å². The number of carbonyl (C=O) groups is 2. The van der Waals surface area contributed by atoms with Gasteiger partial charge < -0.3 is 10.6 Å². The molecule has 3 aromatic rings. The molecule has 31 heavy (non-hydrogen) atoms. The molecule has 1 aliphatic rings. The van der Waals surface area contributed by atoms with E-state index in [4.69, 9.17) is 0 Å². The summed E-state index contributed by atoms with van der Waals surface area (Å²) in [5.74, 6) is -1.41. The highest BCUT2D eigenvalue weighted by Crippen LogP contribution is 2.26. The molecule has 0 aliphatic heterocycles. The minimum absolute atomic E-state index is 0.0211. The molecule has 0 spiro atoms. The van der Waals surface area contributed by atoms with Gasteiger partial charge in [0.05, 0.1) is 5.56 Å². The van der Waals surface area contributed by atoms with E-state index in [0.717, 1.165) is 0 Å². The number of halogens is 2. The third-order valence-corrected chi connectivity index (χ3v) is 5.49. The van der Waals surface area contributed by atoms with Crippen LogP contribution in [0.15, 0.2) is 60.8 Å². The van der Waals surface area contributed by atoms with Gasteiger partial charge in [-0.15, -0.1) is 5.10 Å². The largest absolute Gasteiger partial charge is 0.349 e. The summed E-state index contributed by atoms with van der Waals surface area (Å²) in [5, 5.41) is 9.85. The Kier molecular flexibility index (Phi) is 6.06. The van der Waals surface area contributed by atoms with Crippen molar-refractivity contribution in [3.8, 4) is 5.69 Å². The highest BCUT2D eigenvalue weighted by atomic mass is 19.1. The Hall–Kier alpha value is -3.55. The summed E-state index contributed by atoms with van der Waals surface area (Å²) in [6.45, 7) is 0. The molecule has 1 aromatic heterocycles. The van der Waals surface area contributed by atoms with Crippen LogP contribution in [0.4, 0.5) is 14.6 Å². The van der Waals surface area contributed by atoms with Crippen LogP contribution in [0.2, 0.25) is 0 Å². The molecule has 8 heteroatoms. The fraction of sp³-hybridized carbons (Fsp3) is 0.261. The number of anilines is 1. The van der Waals surface area contributed by atoms with Crippen molar-refractivity contribution in [3.05, 3.63) is 78.0 Å². The standard InChI is InChI=1S/C23H22F2N4O2/c24-18-6-2-1-5-17(18)23(31)26-16-11-9-15(10-12-16)22(30)27-21-13-14-29(28-21)20-8-4-3-7-19(20)25/h1-8,13-16H,9-12H2,(H,26,31)(H,27,28,30). The molecule has 1 fully saturated rings. The molecule has 0 saturated heterocycles. The van der Waals surface area contributed by atoms with Crippen molar-refractivity contribution < 1.29 is 18.4 Å². The van der Waals surface area contributed by atoms with Crippen LogP contribution in [0.3, 0.4) is 0 Å². The smallest absolute Gasteiger partial charge is 0.254 e. The lowest BCUT2D eigenvalue weighted by Gasteiger charge is -2.28. The lowest BCUT2D eigenvalue weighted by Crippen LogP contribution is -2.39. The van der Waals surface area contributed by atoms with E-state index in [9.17, 15) is 18.4 Å². The molecule has 2 amide bonds. The second-order valence-electron chi connectivity index (χ2n) is 7.59. The number of benzene rings is 2. The van der Waals surface area contributed by atoms with Gasteiger partial charge in [-0.2, -0.15) is 0 Å². The van der Waals surface area contributed by atoms with Gasteiger partial charge in [0, 0.05) is 24.2 Å². The third kappa shape index (κ3) is 4.79. The van der Waals surface area contributed by atoms with Gasteiger partial charge in [-0.1, -0.05) is 24.3 Å². The summed E-state index contributed by atoms with van der Waals surface area (Å²) in [7, 11) is 0. The van der Waals surface area contributed by atoms with Gasteiger partial charge in [0.25, 0.3) is 5.91 Å². The second-order valence-corrected chi connectivity index (χ2v) is 7.59. The number of para-hydroxylation sites is 1. The van der Waals surface area contributed by atoms with E-state index in [1.807, 2.05) is 0 Å². The Balaban J connectivity index is 1.29. The molecule has 2 N–H and O–H groups in total. The van der Waals surface area contributed by atoms with Crippen molar-refractivity contribution in [1.29, 1.82) is 0 Å². The van der Waals surface area contributed by atoms with Gasteiger partial charge in [-0.05, 0) is 49.9 Å². The number of rotatable bonds is 5. The number of hydrogen-bond acceptors (Lipinski definition) is 3. The molecule has 4 rings (SSSR count). The maximum atomic E-state index is 13.9. The minimum Gasteiger partial charge on any atom is -0.349 e. The Morgan fingerprint density at radius 1 is 0.903 bits per heavy atom. The van der Waals surface area contributed by atoms with Crippen molar-refractivity contribution in [3.63, 3.8) is 0 Å². The maximum Gasteiger partial charge on any atom is 0.254 e. The first-order chi connectivity index (χ1) is 15.0. The fourth-order valence-corrected chi connectivity index (χ4v) is 3.80. The first kappa shape index (κ1) is 20.7. The first-order valence-corrected chi connectivity index (χ1v) is 10.2. The zero-order valence-corrected chi connectivity index (χ0v) is 16.7. The Labute approximate surface area is 178 Å². The number of nitrogens with zero attached hydrogens (tertiary/aromatic N) is 2. The SMILES string of the molecule is O=C(NC1CCC(C(=O)Nc2ccn(-c3ccccc3F)n2)CC1)c1ccccc1F. The topological polar surface area (TPSA) is 76.0 Å². The molecule has 1 saturated carbocycles. The Bertz CT molecular complexity index is 1090. The lowest BCUT2D eigenvalue weighted by atomic mass is 9.85. The molecule has 0 unspecified atom stereocenters. The summed E-state index contributed by atoms with van der Waals surface area (Å²) in [4.78, 5) is 24.9. The fourth-order valence-electron chi connectivity index (χ4n) is 3.80. The van der Waals surface area contributed by atoms with Gasteiger partial charge in [0.2, 0.25) is 5.91 Å². The second kappa shape index (κ2) is 9.07. The highest BCUT2D eigenvalue weighted by Gasteiger charge is 2.28. The van der Waals surface area contributed by atoms with Crippen LogP contribution >= 0.6 is 0 Å². The summed E-state index contributed by atoms with van der Waals surface area (Å²) < 4.78 is 29.0. The van der Waals surface area contributed by atoms with Crippen LogP contribution in [0.25, 0.3) is 5.69 Å². The van der Waals surface area contributed by atoms with Crippen LogP contribution in [0.5, 0.6) is 0 Å². The average molecular weight is 424 g/mol. The van der Waals surface area contributed by atoms with Crippen molar-refractivity contribution in [2.45, 2.75) is 31.7 Å². The highest BCUT2D eigenvalue weighted by molar-refractivity contribution is 5.94. The van der Waals surface area contributed by atoms with Crippen LogP contribution < -0.4 is 10.6 Å². The van der Waals surface area contributed by atoms with Gasteiger partial charge in [0.1, 0.15) is 17.3 Å². The number of nitrogens with one attached hydrogen (secondary N) is 2. The molecule has 0 radical (unpaired) electrons. The molecule has 0 bridgehead atoms. The van der Waals surface area contributed by atoms with Crippen LogP contribution in [-0.2, 0) is 4.79 Å². The average Bonchev–Trinajstić information content (AvgIpc) is 3.23. The van der Waals surface area contributed by atoms with E-state index in [1.165, 1.54) is 28.9 Å². The number of amides is 2. The summed E-state index contributed by atoms with van der Waals surface area (Å²) in [6, 6.07) is 13.6.